The number of fused-ring (bicyclic) bond motifs is 3. The number of thiophene rings is 2. The fraction of sp³-hybridized carbons (Fsp3) is 0.381. The molecule has 0 radical (unpaired) electrons. The Bertz CT molecular complexity index is 1860. The highest BCUT2D eigenvalue weighted by molar-refractivity contribution is 7.17. The summed E-state index contributed by atoms with van der Waals surface area (Å²) in [4.78, 5) is 17.6. The van der Waals surface area contributed by atoms with Gasteiger partial charge in [-0.3, -0.25) is 15.0 Å². The van der Waals surface area contributed by atoms with Crippen LogP contribution in [0.15, 0.2) is 103 Å². The molecule has 0 N–H and O–H groups in total. The van der Waals surface area contributed by atoms with Crippen LogP contribution in [0, 0.1) is 0 Å². The van der Waals surface area contributed by atoms with Crippen LogP contribution in [0.2, 0.25) is 0 Å². The molecule has 0 aliphatic rings. The van der Waals surface area contributed by atoms with Crippen LogP contribution in [-0.2, 0) is 21.7 Å². The predicted molar refractivity (Wildman–Crippen MR) is 213 cm³/mol. The van der Waals surface area contributed by atoms with Gasteiger partial charge in [0, 0.05) is 84.8 Å². The van der Waals surface area contributed by atoms with Gasteiger partial charge in [-0.25, -0.2) is 4.98 Å². The highest BCUT2D eigenvalue weighted by Gasteiger charge is 2.17. The molecule has 7 aromatic heterocycles. The van der Waals surface area contributed by atoms with Gasteiger partial charge in [0.25, 0.3) is 0 Å². The van der Waals surface area contributed by atoms with Crippen molar-refractivity contribution >= 4 is 48.4 Å². The van der Waals surface area contributed by atoms with Crippen molar-refractivity contribution in [3.63, 3.8) is 0 Å². The first-order valence-corrected chi connectivity index (χ1v) is 18.6. The van der Waals surface area contributed by atoms with E-state index < -0.39 is 0 Å². The van der Waals surface area contributed by atoms with E-state index in [9.17, 15) is 0 Å². The summed E-state index contributed by atoms with van der Waals surface area (Å²) in [5, 5.41) is 6.78. The summed E-state index contributed by atoms with van der Waals surface area (Å²) in [6.45, 7) is 26.1. The van der Waals surface area contributed by atoms with Gasteiger partial charge in [-0.1, -0.05) is 89.2 Å². The number of hydrogen-bond acceptors (Lipinski definition) is 6. The lowest BCUT2D eigenvalue weighted by Crippen LogP contribution is -2.13. The molecule has 0 saturated carbocycles. The molecule has 0 aromatic carbocycles. The number of nitrogens with zero attached hydrogens (tertiary/aromatic N) is 5. The zero-order chi connectivity index (χ0) is 36.0. The highest BCUT2D eigenvalue weighted by Crippen LogP contribution is 2.28. The van der Waals surface area contributed by atoms with E-state index in [4.69, 9.17) is 0 Å². The molecule has 0 amide bonds. The molecule has 0 atom stereocenters. The van der Waals surface area contributed by atoms with Crippen molar-refractivity contribution in [2.24, 2.45) is 0 Å². The summed E-state index contributed by atoms with van der Waals surface area (Å²) in [5.74, 6) is 0. The van der Waals surface area contributed by atoms with Gasteiger partial charge in [0.1, 0.15) is 0 Å². The summed E-state index contributed by atoms with van der Waals surface area (Å²) >= 11 is 3.52. The molecule has 7 rings (SSSR count). The minimum atomic E-state index is 0.131. The van der Waals surface area contributed by atoms with Crippen LogP contribution in [0.5, 0.6) is 0 Å². The van der Waals surface area contributed by atoms with Gasteiger partial charge >= 0.3 is 0 Å². The van der Waals surface area contributed by atoms with Crippen molar-refractivity contribution in [2.75, 3.05) is 0 Å². The standard InChI is InChI=1S/C11H14N2.2C11H13NS.C9H13N/c1-11(2,3)10-7-9-5-4-6-13(9)8-12-10;1-11(2,3)10-6-9-8(7-12-10)4-5-13-9;1-11(2,3)10-6-8-4-5-13-9(8)7-12-10;1-9(2,3)8-6-4-5-7-10-8/h4-8H,1-3H3;2*4-7H,1-3H3;4-7H,1-3H3. The van der Waals surface area contributed by atoms with Crippen molar-refractivity contribution < 1.29 is 0 Å². The summed E-state index contributed by atoms with van der Waals surface area (Å²) < 4.78 is 4.63. The van der Waals surface area contributed by atoms with Crippen LogP contribution in [0.4, 0.5) is 0 Å². The Balaban J connectivity index is 0.000000148. The zero-order valence-electron chi connectivity index (χ0n) is 31.4. The third-order valence-corrected chi connectivity index (χ3v) is 9.58. The minimum Gasteiger partial charge on any atom is -0.308 e. The summed E-state index contributed by atoms with van der Waals surface area (Å²) in [6.07, 6.45) is 9.65. The van der Waals surface area contributed by atoms with Gasteiger partial charge in [0.05, 0.1) is 11.0 Å². The van der Waals surface area contributed by atoms with E-state index in [0.29, 0.717) is 0 Å². The molecule has 7 heteroatoms. The molecule has 0 aliphatic heterocycles. The molecule has 0 bridgehead atoms. The van der Waals surface area contributed by atoms with Gasteiger partial charge in [-0.05, 0) is 70.7 Å². The lowest BCUT2D eigenvalue weighted by atomic mass is 9.91. The monoisotopic (exact) mass is 691 g/mol. The first-order chi connectivity index (χ1) is 22.8. The summed E-state index contributed by atoms with van der Waals surface area (Å²) in [7, 11) is 0. The maximum Gasteiger partial charge on any atom is 0.0994 e. The van der Waals surface area contributed by atoms with Crippen molar-refractivity contribution in [2.45, 2.75) is 105 Å². The van der Waals surface area contributed by atoms with Gasteiger partial charge in [0.15, 0.2) is 0 Å². The van der Waals surface area contributed by atoms with Gasteiger partial charge in [-0.15, -0.1) is 22.7 Å². The second-order valence-electron chi connectivity index (χ2n) is 16.4. The number of rotatable bonds is 0. The molecular weight excluding hydrogens is 639 g/mol. The van der Waals surface area contributed by atoms with E-state index >= 15 is 0 Å². The largest absolute Gasteiger partial charge is 0.308 e. The van der Waals surface area contributed by atoms with Crippen LogP contribution in [0.1, 0.15) is 106 Å². The van der Waals surface area contributed by atoms with Crippen molar-refractivity contribution in [3.05, 3.63) is 125 Å². The van der Waals surface area contributed by atoms with E-state index in [1.807, 2.05) is 53.7 Å². The molecule has 7 heterocycles. The van der Waals surface area contributed by atoms with Gasteiger partial charge in [-0.2, -0.15) is 0 Å². The topological polar surface area (TPSA) is 56.0 Å². The van der Waals surface area contributed by atoms with E-state index in [1.54, 1.807) is 22.7 Å². The van der Waals surface area contributed by atoms with Crippen LogP contribution in [0.3, 0.4) is 0 Å². The quantitative estimate of drug-likeness (QED) is 0.159. The first kappa shape index (κ1) is 37.9. The van der Waals surface area contributed by atoms with E-state index in [2.05, 4.69) is 156 Å². The zero-order valence-corrected chi connectivity index (χ0v) is 33.0. The van der Waals surface area contributed by atoms with Crippen molar-refractivity contribution in [1.29, 1.82) is 0 Å². The molecule has 7 aromatic rings. The Morgan fingerprint density at radius 2 is 1.06 bits per heavy atom. The Morgan fingerprint density at radius 3 is 1.65 bits per heavy atom. The third kappa shape index (κ3) is 10.8. The maximum atomic E-state index is 4.46. The SMILES string of the molecule is CC(C)(C)c1cc2cccn2cn1.CC(C)(C)c1cc2ccsc2cn1.CC(C)(C)c1cc2sccc2cn1.CC(C)(C)c1ccccn1. The average molecular weight is 692 g/mol. The number of hydrogen-bond donors (Lipinski definition) is 0. The fourth-order valence-corrected chi connectivity index (χ4v) is 6.23. The molecule has 0 saturated heterocycles. The minimum absolute atomic E-state index is 0.131. The molecular formula is C42H53N5S2. The summed E-state index contributed by atoms with van der Waals surface area (Å²) in [6, 6.07) is 20.9. The normalized spacial score (nSPS) is 12.1. The fourth-order valence-electron chi connectivity index (χ4n) is 4.70. The van der Waals surface area contributed by atoms with Gasteiger partial charge < -0.3 is 4.40 Å². The molecule has 49 heavy (non-hydrogen) atoms. The van der Waals surface area contributed by atoms with Gasteiger partial charge in [0.2, 0.25) is 0 Å². The van der Waals surface area contributed by atoms with Crippen LogP contribution >= 0.6 is 22.7 Å². The van der Waals surface area contributed by atoms with Crippen molar-refractivity contribution in [1.82, 2.24) is 24.3 Å². The van der Waals surface area contributed by atoms with E-state index in [-0.39, 0.29) is 21.7 Å². The molecule has 5 nitrogen and oxygen atoms in total. The molecule has 0 fully saturated rings. The van der Waals surface area contributed by atoms with E-state index in [0.717, 1.165) is 11.4 Å². The second kappa shape index (κ2) is 15.3. The maximum absolute atomic E-state index is 4.46. The number of pyridine rings is 3. The van der Waals surface area contributed by atoms with Crippen molar-refractivity contribution in [3.8, 4) is 0 Å². The average Bonchev–Trinajstić information content (AvgIpc) is 3.80. The summed E-state index contributed by atoms with van der Waals surface area (Å²) in [5.41, 5.74) is 6.44. The highest BCUT2D eigenvalue weighted by atomic mass is 32.1. The second-order valence-corrected chi connectivity index (χ2v) is 18.3. The van der Waals surface area contributed by atoms with E-state index in [1.165, 1.54) is 37.1 Å². The Kier molecular flexibility index (Phi) is 11.8. The molecule has 0 unspecified atom stereocenters. The van der Waals surface area contributed by atoms with Crippen LogP contribution in [-0.4, -0.2) is 24.3 Å². The first-order valence-electron chi connectivity index (χ1n) is 16.8. The Labute approximate surface area is 301 Å². The third-order valence-electron chi connectivity index (χ3n) is 7.83. The predicted octanol–water partition coefficient (Wildman–Crippen LogP) is 12.2. The lowest BCUT2D eigenvalue weighted by molar-refractivity contribution is 0.567. The Hall–Kier alpha value is -3.94. The van der Waals surface area contributed by atoms with Crippen LogP contribution in [0.25, 0.3) is 25.7 Å². The molecule has 0 aliphatic carbocycles. The Morgan fingerprint density at radius 1 is 0.490 bits per heavy atom. The lowest BCUT2D eigenvalue weighted by Gasteiger charge is -2.17. The smallest absolute Gasteiger partial charge is 0.0994 e. The number of aromatic nitrogens is 5. The molecule has 0 spiro atoms. The van der Waals surface area contributed by atoms with Crippen LogP contribution < -0.4 is 0 Å². The molecule has 258 valence electrons.